The fourth-order valence-corrected chi connectivity index (χ4v) is 4.26. The van der Waals surface area contributed by atoms with Crippen LogP contribution in [0.5, 0.6) is 0 Å². The van der Waals surface area contributed by atoms with E-state index in [1.807, 2.05) is 17.0 Å². The molecular formula is C20H24N2O3. The molecule has 2 heterocycles. The second kappa shape index (κ2) is 6.54. The van der Waals surface area contributed by atoms with Crippen molar-refractivity contribution < 1.29 is 14.3 Å². The summed E-state index contributed by atoms with van der Waals surface area (Å²) in [7, 11) is 1.42. The number of carbonyl (C=O) groups excluding carboxylic acids is 2. The van der Waals surface area contributed by atoms with Gasteiger partial charge in [-0.3, -0.25) is 9.59 Å². The van der Waals surface area contributed by atoms with Gasteiger partial charge in [-0.1, -0.05) is 12.1 Å². The molecule has 0 bridgehead atoms. The summed E-state index contributed by atoms with van der Waals surface area (Å²) in [6, 6.07) is 6.02. The van der Waals surface area contributed by atoms with Crippen LogP contribution in [-0.2, 0) is 22.4 Å². The van der Waals surface area contributed by atoms with Gasteiger partial charge in [0.15, 0.2) is 0 Å². The van der Waals surface area contributed by atoms with Gasteiger partial charge in [0, 0.05) is 24.2 Å². The fourth-order valence-electron chi connectivity index (χ4n) is 4.26. The highest BCUT2D eigenvalue weighted by Gasteiger charge is 2.29. The topological polar surface area (TPSA) is 62.4 Å². The van der Waals surface area contributed by atoms with Gasteiger partial charge in [0.25, 0.3) is 5.91 Å². The number of esters is 1. The minimum Gasteiger partial charge on any atom is -0.469 e. The Balaban J connectivity index is 1.59. The molecule has 0 spiro atoms. The lowest BCUT2D eigenvalue weighted by Crippen LogP contribution is -2.40. The standard InChI is InChI=1S/C20H24N2O3/c1-25-20(24)13-9-11-22(12-10-13)19(23)16-7-4-6-15-14-5-2-3-8-17(14)21-18(15)16/h4,6-7,13,21H,2-3,5,8-12H2,1H3. The lowest BCUT2D eigenvalue weighted by Gasteiger charge is -2.30. The minimum absolute atomic E-state index is 0.0625. The van der Waals surface area contributed by atoms with Gasteiger partial charge >= 0.3 is 5.97 Å². The Morgan fingerprint density at radius 1 is 1.16 bits per heavy atom. The molecule has 1 aromatic carbocycles. The number of H-pyrrole nitrogens is 1. The van der Waals surface area contributed by atoms with Crippen LogP contribution in [0.4, 0.5) is 0 Å². The van der Waals surface area contributed by atoms with Crippen LogP contribution in [0.3, 0.4) is 0 Å². The van der Waals surface area contributed by atoms with Crippen LogP contribution in [0.25, 0.3) is 10.9 Å². The number of nitrogens with zero attached hydrogens (tertiary/aromatic N) is 1. The zero-order valence-electron chi connectivity index (χ0n) is 14.6. The zero-order chi connectivity index (χ0) is 17.4. The molecule has 0 saturated carbocycles. The van der Waals surface area contributed by atoms with Crippen LogP contribution >= 0.6 is 0 Å². The van der Waals surface area contributed by atoms with Crippen LogP contribution < -0.4 is 0 Å². The molecule has 5 heteroatoms. The molecule has 1 aliphatic heterocycles. The van der Waals surface area contributed by atoms with Crippen molar-refractivity contribution in [1.82, 2.24) is 9.88 Å². The van der Waals surface area contributed by atoms with Gasteiger partial charge in [0.05, 0.1) is 24.1 Å². The third-order valence-corrected chi connectivity index (χ3v) is 5.68. The summed E-state index contributed by atoms with van der Waals surface area (Å²) in [5.41, 5.74) is 4.42. The number of aryl methyl sites for hydroxylation is 2. The highest BCUT2D eigenvalue weighted by atomic mass is 16.5. The number of ether oxygens (including phenoxy) is 1. The predicted octanol–water partition coefficient (Wildman–Crippen LogP) is 3.07. The molecule has 0 radical (unpaired) electrons. The van der Waals surface area contributed by atoms with Gasteiger partial charge in [0.1, 0.15) is 0 Å². The molecule has 4 rings (SSSR count). The number of carbonyl (C=O) groups is 2. The molecule has 5 nitrogen and oxygen atoms in total. The number of aromatic nitrogens is 1. The highest BCUT2D eigenvalue weighted by Crippen LogP contribution is 2.31. The van der Waals surface area contributed by atoms with Crippen molar-refractivity contribution >= 4 is 22.8 Å². The van der Waals surface area contributed by atoms with Gasteiger partial charge in [-0.25, -0.2) is 0 Å². The summed E-state index contributed by atoms with van der Waals surface area (Å²) in [4.78, 5) is 30.1. The molecule has 0 unspecified atom stereocenters. The fraction of sp³-hybridized carbons (Fsp3) is 0.500. The maximum absolute atomic E-state index is 13.1. The van der Waals surface area contributed by atoms with E-state index in [0.29, 0.717) is 25.9 Å². The molecular weight excluding hydrogens is 316 g/mol. The first-order chi connectivity index (χ1) is 12.2. The predicted molar refractivity (Wildman–Crippen MR) is 95.6 cm³/mol. The smallest absolute Gasteiger partial charge is 0.308 e. The molecule has 1 aromatic heterocycles. The Morgan fingerprint density at radius 3 is 2.68 bits per heavy atom. The van der Waals surface area contributed by atoms with E-state index >= 15 is 0 Å². The number of nitrogens with one attached hydrogen (secondary N) is 1. The van der Waals surface area contributed by atoms with E-state index in [1.165, 1.54) is 36.6 Å². The van der Waals surface area contributed by atoms with Crippen molar-refractivity contribution in [2.45, 2.75) is 38.5 Å². The molecule has 25 heavy (non-hydrogen) atoms. The van der Waals surface area contributed by atoms with E-state index in [0.717, 1.165) is 23.9 Å². The Hall–Kier alpha value is -2.30. The van der Waals surface area contributed by atoms with E-state index in [4.69, 9.17) is 4.74 Å². The summed E-state index contributed by atoms with van der Waals surface area (Å²) in [6.07, 6.45) is 5.95. The molecule has 1 fully saturated rings. The van der Waals surface area contributed by atoms with E-state index < -0.39 is 0 Å². The van der Waals surface area contributed by atoms with Crippen LogP contribution in [0.15, 0.2) is 18.2 Å². The Labute approximate surface area is 147 Å². The van der Waals surface area contributed by atoms with Crippen LogP contribution in [0.2, 0.25) is 0 Å². The average Bonchev–Trinajstić information content (AvgIpc) is 3.05. The maximum Gasteiger partial charge on any atom is 0.308 e. The zero-order valence-corrected chi connectivity index (χ0v) is 14.6. The second-order valence-electron chi connectivity index (χ2n) is 7.11. The van der Waals surface area contributed by atoms with Crippen molar-refractivity contribution in [3.8, 4) is 0 Å². The number of methoxy groups -OCH3 is 1. The van der Waals surface area contributed by atoms with Gasteiger partial charge in [-0.2, -0.15) is 0 Å². The molecule has 0 atom stereocenters. The third kappa shape index (κ3) is 2.81. The first-order valence-electron chi connectivity index (χ1n) is 9.18. The quantitative estimate of drug-likeness (QED) is 0.855. The number of rotatable bonds is 2. The van der Waals surface area contributed by atoms with Crippen molar-refractivity contribution in [1.29, 1.82) is 0 Å². The highest BCUT2D eigenvalue weighted by molar-refractivity contribution is 6.06. The Morgan fingerprint density at radius 2 is 1.92 bits per heavy atom. The van der Waals surface area contributed by atoms with Crippen molar-refractivity contribution in [2.24, 2.45) is 5.92 Å². The SMILES string of the molecule is COC(=O)C1CCN(C(=O)c2cccc3c4c([nH]c23)CCCC4)CC1. The first-order valence-corrected chi connectivity index (χ1v) is 9.18. The molecule has 2 aromatic rings. The monoisotopic (exact) mass is 340 g/mol. The minimum atomic E-state index is -0.161. The molecule has 1 aliphatic carbocycles. The summed E-state index contributed by atoms with van der Waals surface area (Å²) in [6.45, 7) is 1.21. The molecule has 1 amide bonds. The Bertz CT molecular complexity index is 816. The number of amides is 1. The van der Waals surface area contributed by atoms with E-state index in [1.54, 1.807) is 0 Å². The molecule has 1 saturated heterocycles. The number of hydrogen-bond donors (Lipinski definition) is 1. The van der Waals surface area contributed by atoms with Crippen molar-refractivity contribution in [3.63, 3.8) is 0 Å². The second-order valence-corrected chi connectivity index (χ2v) is 7.11. The average molecular weight is 340 g/mol. The van der Waals surface area contributed by atoms with Gasteiger partial charge < -0.3 is 14.6 Å². The van der Waals surface area contributed by atoms with Crippen LogP contribution in [0, 0.1) is 5.92 Å². The van der Waals surface area contributed by atoms with E-state index in [2.05, 4.69) is 11.1 Å². The van der Waals surface area contributed by atoms with Gasteiger partial charge in [0.2, 0.25) is 0 Å². The lowest BCUT2D eigenvalue weighted by atomic mass is 9.94. The Kier molecular flexibility index (Phi) is 4.24. The number of benzene rings is 1. The number of para-hydroxylation sites is 1. The molecule has 2 aliphatic rings. The normalized spacial score (nSPS) is 18.2. The van der Waals surface area contributed by atoms with Crippen LogP contribution in [-0.4, -0.2) is 42.0 Å². The number of fused-ring (bicyclic) bond motifs is 3. The van der Waals surface area contributed by atoms with Gasteiger partial charge in [-0.15, -0.1) is 0 Å². The molecule has 132 valence electrons. The summed E-state index contributed by atoms with van der Waals surface area (Å²) in [5, 5.41) is 1.20. The van der Waals surface area contributed by atoms with Crippen molar-refractivity contribution in [2.75, 3.05) is 20.2 Å². The summed E-state index contributed by atoms with van der Waals surface area (Å²) < 4.78 is 4.83. The van der Waals surface area contributed by atoms with Crippen LogP contribution in [0.1, 0.15) is 47.3 Å². The summed E-state index contributed by atoms with van der Waals surface area (Å²) in [5.74, 6) is -0.179. The number of likely N-dealkylation sites (tertiary alicyclic amines) is 1. The number of aromatic amines is 1. The number of hydrogen-bond acceptors (Lipinski definition) is 3. The largest absolute Gasteiger partial charge is 0.469 e. The lowest BCUT2D eigenvalue weighted by molar-refractivity contribution is -0.146. The third-order valence-electron chi connectivity index (χ3n) is 5.68. The summed E-state index contributed by atoms with van der Waals surface area (Å²) >= 11 is 0. The maximum atomic E-state index is 13.1. The van der Waals surface area contributed by atoms with Crippen molar-refractivity contribution in [3.05, 3.63) is 35.0 Å². The molecule has 1 N–H and O–H groups in total. The van der Waals surface area contributed by atoms with Gasteiger partial charge in [-0.05, 0) is 50.2 Å². The van der Waals surface area contributed by atoms with E-state index in [-0.39, 0.29) is 17.8 Å². The first kappa shape index (κ1) is 16.2. The number of piperidine rings is 1. The van der Waals surface area contributed by atoms with E-state index in [9.17, 15) is 9.59 Å².